The van der Waals surface area contributed by atoms with E-state index < -0.39 is 5.41 Å². The van der Waals surface area contributed by atoms with Gasteiger partial charge in [0.15, 0.2) is 12.0 Å². The average Bonchev–Trinajstić information content (AvgIpc) is 4.48. The Morgan fingerprint density at radius 2 is 1.10 bits per heavy atom. The Morgan fingerprint density at radius 1 is 0.481 bits per heavy atom. The molecule has 14 aromatic rings. The molecule has 364 valence electrons. The molecule has 6 nitrogen and oxygen atoms in total. The van der Waals surface area contributed by atoms with Crippen LogP contribution in [0, 0.1) is 0 Å². The second-order valence-electron chi connectivity index (χ2n) is 19.5. The van der Waals surface area contributed by atoms with Gasteiger partial charge in [-0.1, -0.05) is 193 Å². The molecule has 0 bridgehead atoms. The Hall–Kier alpha value is -9.11. The first-order chi connectivity index (χ1) is 38.0. The van der Waals surface area contributed by atoms with Crippen molar-refractivity contribution in [1.82, 2.24) is 18.3 Å². The van der Waals surface area contributed by atoms with E-state index in [2.05, 4.69) is 233 Å². The maximum atomic E-state index is 7.29. The van der Waals surface area contributed by atoms with Crippen LogP contribution in [0.15, 0.2) is 253 Å². The van der Waals surface area contributed by atoms with Crippen molar-refractivity contribution in [3.63, 3.8) is 0 Å². The normalized spacial score (nSPS) is 12.6. The van der Waals surface area contributed by atoms with Crippen LogP contribution in [0.25, 0.3) is 94.1 Å². The van der Waals surface area contributed by atoms with Crippen LogP contribution in [-0.4, -0.2) is 18.3 Å². The quantitative estimate of drug-likeness (QED) is 0.144. The molecule has 1 aliphatic rings. The van der Waals surface area contributed by atoms with Crippen LogP contribution in [0.4, 0.5) is 17.1 Å². The summed E-state index contributed by atoms with van der Waals surface area (Å²) in [5, 5.41) is 3.12. The van der Waals surface area contributed by atoms with Crippen molar-refractivity contribution in [2.45, 2.75) is 5.41 Å². The number of oxazole rings is 1. The van der Waals surface area contributed by atoms with Crippen molar-refractivity contribution in [1.29, 1.82) is 0 Å². The number of hydrogen-bond acceptors (Lipinski definition) is 6. The lowest BCUT2D eigenvalue weighted by Crippen LogP contribution is -2.28. The molecule has 15 rings (SSSR count). The van der Waals surface area contributed by atoms with Crippen molar-refractivity contribution in [2.75, 3.05) is 4.90 Å². The highest BCUT2D eigenvalue weighted by molar-refractivity contribution is 7.00. The zero-order valence-corrected chi connectivity index (χ0v) is 43.3. The van der Waals surface area contributed by atoms with Crippen molar-refractivity contribution >= 4 is 95.9 Å². The molecular formula is C68H41Cl2N5OS. The fourth-order valence-corrected chi connectivity index (χ4v) is 13.3. The highest BCUT2D eigenvalue weighted by atomic mass is 35.5. The van der Waals surface area contributed by atoms with Gasteiger partial charge in [-0.05, 0) is 128 Å². The van der Waals surface area contributed by atoms with E-state index in [9.17, 15) is 0 Å². The van der Waals surface area contributed by atoms with Crippen molar-refractivity contribution in [3.05, 3.63) is 281 Å². The van der Waals surface area contributed by atoms with Crippen molar-refractivity contribution in [3.8, 4) is 50.2 Å². The monoisotopic (exact) mass is 1050 g/mol. The molecule has 0 N–H and O–H groups in total. The molecule has 3 aromatic heterocycles. The molecule has 0 amide bonds. The minimum absolute atomic E-state index is 0.565. The SMILES string of the molecule is Clc1cc(Cl)c2c3ccc(-c4ccc(N(c5ccc(-c6ccccc6)cc5)c5ccc(-c6ccc7ocnc7c6)cc5)c5nsnc45)cc3n(-c3cccc4c3-c3ccccc3C4(c3ccccc3)c3ccccc3)c2c1. The Morgan fingerprint density at radius 3 is 1.84 bits per heavy atom. The molecule has 0 saturated carbocycles. The summed E-state index contributed by atoms with van der Waals surface area (Å²) in [6, 6.07) is 86.3. The van der Waals surface area contributed by atoms with Gasteiger partial charge in [0.25, 0.3) is 0 Å². The van der Waals surface area contributed by atoms with E-state index >= 15 is 0 Å². The molecule has 0 unspecified atom stereocenters. The molecule has 0 saturated heterocycles. The highest BCUT2D eigenvalue weighted by Gasteiger charge is 2.47. The maximum absolute atomic E-state index is 7.29. The van der Waals surface area contributed by atoms with Gasteiger partial charge in [0, 0.05) is 38.3 Å². The molecular weight excluding hydrogens is 1010 g/mol. The van der Waals surface area contributed by atoms with E-state index in [-0.39, 0.29) is 0 Å². The first kappa shape index (κ1) is 45.3. The number of anilines is 3. The molecule has 11 aromatic carbocycles. The number of nitrogens with zero attached hydrogens (tertiary/aromatic N) is 5. The minimum Gasteiger partial charge on any atom is -0.443 e. The van der Waals surface area contributed by atoms with Crippen LogP contribution in [0.3, 0.4) is 0 Å². The van der Waals surface area contributed by atoms with Gasteiger partial charge in [0.05, 0.1) is 44.6 Å². The van der Waals surface area contributed by atoms with Gasteiger partial charge in [0.2, 0.25) is 0 Å². The van der Waals surface area contributed by atoms with E-state index in [1.54, 1.807) is 0 Å². The van der Waals surface area contributed by atoms with Gasteiger partial charge in [-0.3, -0.25) is 0 Å². The molecule has 9 heteroatoms. The van der Waals surface area contributed by atoms with Crippen LogP contribution >= 0.6 is 34.9 Å². The van der Waals surface area contributed by atoms with E-state index in [1.807, 2.05) is 24.3 Å². The van der Waals surface area contributed by atoms with Crippen LogP contribution in [-0.2, 0) is 5.41 Å². The third-order valence-corrected chi connectivity index (χ3v) is 16.5. The number of fused-ring (bicyclic) bond motifs is 8. The van der Waals surface area contributed by atoms with Crippen LogP contribution in [0.1, 0.15) is 22.3 Å². The second kappa shape index (κ2) is 18.0. The summed E-state index contributed by atoms with van der Waals surface area (Å²) in [6.45, 7) is 0. The first-order valence-corrected chi connectivity index (χ1v) is 26.9. The smallest absolute Gasteiger partial charge is 0.181 e. The van der Waals surface area contributed by atoms with Gasteiger partial charge in [0.1, 0.15) is 16.6 Å². The molecule has 3 heterocycles. The number of halogens is 2. The zero-order chi connectivity index (χ0) is 51.2. The predicted molar refractivity (Wildman–Crippen MR) is 318 cm³/mol. The van der Waals surface area contributed by atoms with Crippen LogP contribution < -0.4 is 4.90 Å². The molecule has 0 fully saturated rings. The lowest BCUT2D eigenvalue weighted by molar-refractivity contribution is 0.602. The van der Waals surface area contributed by atoms with Gasteiger partial charge in [-0.2, -0.15) is 8.75 Å². The Labute approximate surface area is 457 Å². The number of rotatable bonds is 9. The molecule has 0 aliphatic heterocycles. The molecule has 0 atom stereocenters. The summed E-state index contributed by atoms with van der Waals surface area (Å²) in [5.74, 6) is 0. The topological polar surface area (TPSA) is 60.0 Å². The van der Waals surface area contributed by atoms with E-state index in [4.69, 9.17) is 36.4 Å². The predicted octanol–water partition coefficient (Wildman–Crippen LogP) is 19.1. The van der Waals surface area contributed by atoms with Gasteiger partial charge in [-0.25, -0.2) is 4.98 Å². The summed E-state index contributed by atoms with van der Waals surface area (Å²) in [4.78, 5) is 6.68. The Balaban J connectivity index is 0.911. The van der Waals surface area contributed by atoms with Crippen molar-refractivity contribution in [2.24, 2.45) is 0 Å². The lowest BCUT2D eigenvalue weighted by atomic mass is 9.68. The van der Waals surface area contributed by atoms with Crippen LogP contribution in [0.5, 0.6) is 0 Å². The number of benzene rings is 11. The molecule has 0 radical (unpaired) electrons. The first-order valence-electron chi connectivity index (χ1n) is 25.4. The summed E-state index contributed by atoms with van der Waals surface area (Å²) < 4.78 is 18.1. The molecule has 0 spiro atoms. The van der Waals surface area contributed by atoms with Gasteiger partial charge >= 0.3 is 0 Å². The average molecular weight is 1050 g/mol. The lowest BCUT2D eigenvalue weighted by Gasteiger charge is -2.34. The molecule has 1 aliphatic carbocycles. The largest absolute Gasteiger partial charge is 0.443 e. The second-order valence-corrected chi connectivity index (χ2v) is 20.9. The van der Waals surface area contributed by atoms with Crippen molar-refractivity contribution < 1.29 is 4.42 Å². The van der Waals surface area contributed by atoms with E-state index in [0.717, 1.165) is 106 Å². The van der Waals surface area contributed by atoms with E-state index in [1.165, 1.54) is 45.9 Å². The summed E-state index contributed by atoms with van der Waals surface area (Å²) in [6.07, 6.45) is 1.49. The Kier molecular flexibility index (Phi) is 10.6. The standard InChI is InChI=1S/C68H41Cl2N5OS/c69-49-39-57(70)65-54-33-27-46(38-61(54)75(62(65)40-49)59-22-12-21-56-64(59)53-19-10-11-20-55(53)68(56,47-15-6-2-7-16-47)48-17-8-3-9-18-48)52-34-35-60(67-66(52)72-77-73-67)74(50-29-23-43(24-30-50)42-13-4-1-5-14-42)51-31-25-44(26-32-51)45-28-36-63-58(37-45)71-41-76-63/h1-41H. The number of aromatic nitrogens is 4. The third kappa shape index (κ3) is 7.12. The highest BCUT2D eigenvalue weighted by Crippen LogP contribution is 2.58. The summed E-state index contributed by atoms with van der Waals surface area (Å²) in [5.41, 5.74) is 22.0. The van der Waals surface area contributed by atoms with Gasteiger partial charge < -0.3 is 13.9 Å². The fourth-order valence-electron chi connectivity index (χ4n) is 12.1. The third-order valence-electron chi connectivity index (χ3n) is 15.5. The number of hydrogen-bond donors (Lipinski definition) is 0. The van der Waals surface area contributed by atoms with Crippen LogP contribution in [0.2, 0.25) is 10.0 Å². The summed E-state index contributed by atoms with van der Waals surface area (Å²) in [7, 11) is 0. The molecule has 77 heavy (non-hydrogen) atoms. The Bertz CT molecular complexity index is 4550. The minimum atomic E-state index is -0.582. The maximum Gasteiger partial charge on any atom is 0.181 e. The summed E-state index contributed by atoms with van der Waals surface area (Å²) >= 11 is 15.5. The van der Waals surface area contributed by atoms with Gasteiger partial charge in [-0.15, -0.1) is 0 Å². The van der Waals surface area contributed by atoms with E-state index in [0.29, 0.717) is 10.0 Å². The zero-order valence-electron chi connectivity index (χ0n) is 41.0. The fraction of sp³-hybridized carbons (Fsp3) is 0.0147.